The van der Waals surface area contributed by atoms with Crippen LogP contribution in [0.5, 0.6) is 0 Å². The molecule has 0 aliphatic carbocycles. The zero-order valence-corrected chi connectivity index (χ0v) is 11.2. The van der Waals surface area contributed by atoms with Crippen LogP contribution in [0.2, 0.25) is 0 Å². The molecular weight excluding hydrogens is 208 g/mol. The number of rotatable bonds is 7. The molecule has 0 radical (unpaired) electrons. The van der Waals surface area contributed by atoms with Crippen molar-refractivity contribution in [2.24, 2.45) is 11.8 Å². The Morgan fingerprint density at radius 1 is 1.47 bits per heavy atom. The molecule has 0 aliphatic rings. The summed E-state index contributed by atoms with van der Waals surface area (Å²) in [7, 11) is 0. The quantitative estimate of drug-likeness (QED) is 0.662. The Labute approximate surface area is 98.9 Å². The molecular formula is C12H24O2S. The Bertz CT molecular complexity index is 200. The lowest BCUT2D eigenvalue weighted by atomic mass is 9.84. The Morgan fingerprint density at radius 3 is 2.33 bits per heavy atom. The number of hydrogen-bond acceptors (Lipinski definition) is 2. The molecule has 2 atom stereocenters. The van der Waals surface area contributed by atoms with Gasteiger partial charge >= 0.3 is 0 Å². The number of carbonyl (C=O) groups excluding carboxylic acids is 1. The average molecular weight is 232 g/mol. The Morgan fingerprint density at radius 2 is 2.00 bits per heavy atom. The van der Waals surface area contributed by atoms with Crippen LogP contribution >= 0.6 is 12.6 Å². The third-order valence-electron chi connectivity index (χ3n) is 3.19. The predicted octanol–water partition coefficient (Wildman–Crippen LogP) is 3.05. The zero-order valence-electron chi connectivity index (χ0n) is 10.3. The van der Waals surface area contributed by atoms with E-state index in [1.807, 2.05) is 13.8 Å². The van der Waals surface area contributed by atoms with E-state index in [0.717, 1.165) is 19.3 Å². The minimum absolute atomic E-state index is 0.0511. The molecule has 3 heteroatoms. The van der Waals surface area contributed by atoms with Crippen LogP contribution in [0.15, 0.2) is 0 Å². The van der Waals surface area contributed by atoms with Crippen LogP contribution in [-0.2, 0) is 4.79 Å². The summed E-state index contributed by atoms with van der Waals surface area (Å²) in [5.41, 5.74) is -0.590. The predicted molar refractivity (Wildman–Crippen MR) is 67.1 cm³/mol. The molecule has 2 nitrogen and oxygen atoms in total. The van der Waals surface area contributed by atoms with Gasteiger partial charge in [0.1, 0.15) is 0 Å². The number of carbonyl (C=O) groups is 1. The summed E-state index contributed by atoms with van der Waals surface area (Å²) >= 11 is 3.82. The lowest BCUT2D eigenvalue weighted by molar-refractivity contribution is -0.112. The topological polar surface area (TPSA) is 37.3 Å². The van der Waals surface area contributed by atoms with E-state index in [9.17, 15) is 9.90 Å². The van der Waals surface area contributed by atoms with Gasteiger partial charge in [0, 0.05) is 6.42 Å². The minimum Gasteiger partial charge on any atom is -0.390 e. The largest absolute Gasteiger partial charge is 0.390 e. The van der Waals surface area contributed by atoms with Gasteiger partial charge in [-0.2, -0.15) is 0 Å². The van der Waals surface area contributed by atoms with E-state index >= 15 is 0 Å². The second-order valence-corrected chi connectivity index (χ2v) is 5.49. The highest BCUT2D eigenvalue weighted by Gasteiger charge is 2.22. The summed E-state index contributed by atoms with van der Waals surface area (Å²) in [5.74, 6) is 0.807. The zero-order chi connectivity index (χ0) is 12.1. The average Bonchev–Trinajstić information content (AvgIpc) is 2.11. The maximum atomic E-state index is 11.0. The van der Waals surface area contributed by atoms with E-state index in [2.05, 4.69) is 26.5 Å². The Kier molecular flexibility index (Phi) is 6.53. The summed E-state index contributed by atoms with van der Waals surface area (Å²) in [6, 6.07) is 0. The van der Waals surface area contributed by atoms with Crippen LogP contribution in [0.3, 0.4) is 0 Å². The van der Waals surface area contributed by atoms with Crippen molar-refractivity contribution >= 4 is 17.7 Å². The molecule has 0 aliphatic heterocycles. The van der Waals surface area contributed by atoms with Crippen molar-refractivity contribution in [3.63, 3.8) is 0 Å². The Balaban J connectivity index is 4.13. The summed E-state index contributed by atoms with van der Waals surface area (Å²) in [6.07, 6.45) is 2.92. The van der Waals surface area contributed by atoms with Crippen molar-refractivity contribution in [2.75, 3.05) is 0 Å². The van der Waals surface area contributed by atoms with E-state index in [0.29, 0.717) is 18.3 Å². The van der Waals surface area contributed by atoms with Gasteiger partial charge in [-0.3, -0.25) is 4.79 Å². The van der Waals surface area contributed by atoms with Gasteiger partial charge in [0.25, 0.3) is 0 Å². The van der Waals surface area contributed by atoms with Crippen molar-refractivity contribution in [3.05, 3.63) is 0 Å². The molecule has 0 amide bonds. The molecule has 1 N–H and O–H groups in total. The first-order valence-corrected chi connectivity index (χ1v) is 6.17. The first kappa shape index (κ1) is 15.0. The molecule has 0 aromatic carbocycles. The molecule has 0 saturated heterocycles. The van der Waals surface area contributed by atoms with Crippen LogP contribution in [-0.4, -0.2) is 15.8 Å². The van der Waals surface area contributed by atoms with E-state index in [-0.39, 0.29) is 5.12 Å². The highest BCUT2D eigenvalue weighted by molar-refractivity contribution is 7.96. The molecule has 0 heterocycles. The minimum atomic E-state index is -0.590. The van der Waals surface area contributed by atoms with Gasteiger partial charge in [-0.25, -0.2) is 0 Å². The standard InChI is InChI=1S/C12H24O2S/c1-5-12(4,14)7-6-10(9(2)3)8-11(13)15/h9-10,14H,5-8H2,1-4H3,(H,13,15). The van der Waals surface area contributed by atoms with Crippen molar-refractivity contribution in [1.29, 1.82) is 0 Å². The van der Waals surface area contributed by atoms with Crippen molar-refractivity contribution < 1.29 is 9.90 Å². The highest BCUT2D eigenvalue weighted by Crippen LogP contribution is 2.26. The molecule has 0 fully saturated rings. The van der Waals surface area contributed by atoms with E-state index < -0.39 is 5.60 Å². The summed E-state index contributed by atoms with van der Waals surface area (Å²) < 4.78 is 0. The second kappa shape index (κ2) is 6.54. The van der Waals surface area contributed by atoms with Crippen LogP contribution < -0.4 is 0 Å². The number of hydrogen-bond donors (Lipinski definition) is 2. The van der Waals surface area contributed by atoms with Crippen molar-refractivity contribution in [1.82, 2.24) is 0 Å². The van der Waals surface area contributed by atoms with Crippen LogP contribution in [0.1, 0.15) is 53.4 Å². The SMILES string of the molecule is CCC(C)(O)CCC(CC(=O)S)C(C)C. The van der Waals surface area contributed by atoms with Gasteiger partial charge in [0.05, 0.1) is 5.60 Å². The fourth-order valence-corrected chi connectivity index (χ4v) is 1.80. The monoisotopic (exact) mass is 232 g/mol. The first-order chi connectivity index (χ1) is 6.78. The van der Waals surface area contributed by atoms with Crippen molar-refractivity contribution in [3.8, 4) is 0 Å². The maximum Gasteiger partial charge on any atom is 0.186 e. The lowest BCUT2D eigenvalue weighted by Gasteiger charge is -2.26. The number of thiol groups is 1. The van der Waals surface area contributed by atoms with E-state index in [1.165, 1.54) is 0 Å². The number of aliphatic hydroxyl groups is 1. The maximum absolute atomic E-state index is 11.0. The second-order valence-electron chi connectivity index (χ2n) is 4.99. The summed E-state index contributed by atoms with van der Waals surface area (Å²) in [6.45, 7) is 8.06. The van der Waals surface area contributed by atoms with Crippen LogP contribution in [0.25, 0.3) is 0 Å². The molecule has 0 saturated carbocycles. The highest BCUT2D eigenvalue weighted by atomic mass is 32.1. The van der Waals surface area contributed by atoms with Crippen LogP contribution in [0.4, 0.5) is 0 Å². The van der Waals surface area contributed by atoms with Gasteiger partial charge in [-0.15, -0.1) is 12.6 Å². The van der Waals surface area contributed by atoms with Gasteiger partial charge in [-0.05, 0) is 38.0 Å². The summed E-state index contributed by atoms with van der Waals surface area (Å²) in [5, 5.41) is 9.83. The molecule has 0 spiro atoms. The van der Waals surface area contributed by atoms with Crippen LogP contribution in [0, 0.1) is 11.8 Å². The smallest absolute Gasteiger partial charge is 0.186 e. The van der Waals surface area contributed by atoms with Gasteiger partial charge < -0.3 is 5.11 Å². The molecule has 0 aromatic heterocycles. The fourth-order valence-electron chi connectivity index (χ4n) is 1.57. The third-order valence-corrected chi connectivity index (χ3v) is 3.38. The fraction of sp³-hybridized carbons (Fsp3) is 0.917. The van der Waals surface area contributed by atoms with Crippen molar-refractivity contribution in [2.45, 2.75) is 59.0 Å². The molecule has 15 heavy (non-hydrogen) atoms. The van der Waals surface area contributed by atoms with Gasteiger partial charge in [0.2, 0.25) is 0 Å². The molecule has 0 aromatic rings. The Hall–Kier alpha value is -0.0200. The third kappa shape index (κ3) is 6.96. The first-order valence-electron chi connectivity index (χ1n) is 5.72. The van der Waals surface area contributed by atoms with E-state index in [4.69, 9.17) is 0 Å². The molecule has 0 bridgehead atoms. The van der Waals surface area contributed by atoms with Gasteiger partial charge in [0.15, 0.2) is 5.12 Å². The van der Waals surface area contributed by atoms with Gasteiger partial charge in [-0.1, -0.05) is 20.8 Å². The molecule has 2 unspecified atom stereocenters. The summed E-state index contributed by atoms with van der Waals surface area (Å²) in [4.78, 5) is 11.0. The molecule has 90 valence electrons. The molecule has 0 rings (SSSR count). The normalized spacial score (nSPS) is 17.5. The van der Waals surface area contributed by atoms with E-state index in [1.54, 1.807) is 0 Å². The lowest BCUT2D eigenvalue weighted by Crippen LogP contribution is -2.25.